The lowest BCUT2D eigenvalue weighted by Gasteiger charge is -2.15. The van der Waals surface area contributed by atoms with Gasteiger partial charge in [0, 0.05) is 13.2 Å². The number of anilines is 1. The number of aromatic nitrogens is 2. The first kappa shape index (κ1) is 13.0. The van der Waals surface area contributed by atoms with Crippen molar-refractivity contribution in [3.63, 3.8) is 0 Å². The molecule has 3 rings (SSSR count). The second kappa shape index (κ2) is 4.52. The fraction of sp³-hybridized carbons (Fsp3) is 0.154. The van der Waals surface area contributed by atoms with Crippen molar-refractivity contribution in [2.45, 2.75) is 6.54 Å². The van der Waals surface area contributed by atoms with Gasteiger partial charge in [-0.1, -0.05) is 0 Å². The highest BCUT2D eigenvalue weighted by Gasteiger charge is 2.37. The van der Waals surface area contributed by atoms with E-state index in [1.165, 1.54) is 17.0 Å². The van der Waals surface area contributed by atoms with Gasteiger partial charge in [-0.05, 0) is 34.1 Å². The number of carbonyl (C=O) groups is 2. The number of amides is 1. The minimum absolute atomic E-state index is 0.138. The SMILES string of the molecule is Cn1ccc(CN2C(=O)C(=O)c3cc(Br)c(F)cc32)n1. The van der Waals surface area contributed by atoms with Gasteiger partial charge in [-0.2, -0.15) is 5.10 Å². The molecule has 0 radical (unpaired) electrons. The number of fused-ring (bicyclic) bond motifs is 1. The van der Waals surface area contributed by atoms with Crippen LogP contribution in [0, 0.1) is 5.82 Å². The molecule has 0 unspecified atom stereocenters. The zero-order valence-electron chi connectivity index (χ0n) is 10.4. The summed E-state index contributed by atoms with van der Waals surface area (Å²) in [5, 5.41) is 4.16. The summed E-state index contributed by atoms with van der Waals surface area (Å²) in [4.78, 5) is 25.2. The van der Waals surface area contributed by atoms with E-state index < -0.39 is 17.5 Å². The van der Waals surface area contributed by atoms with Crippen LogP contribution in [0.3, 0.4) is 0 Å². The molecule has 1 aromatic heterocycles. The number of hydrogen-bond acceptors (Lipinski definition) is 3. The number of ketones is 1. The Morgan fingerprint density at radius 1 is 1.35 bits per heavy atom. The van der Waals surface area contributed by atoms with Gasteiger partial charge in [-0.25, -0.2) is 4.39 Å². The zero-order valence-corrected chi connectivity index (χ0v) is 12.0. The number of rotatable bonds is 2. The third kappa shape index (κ3) is 1.94. The van der Waals surface area contributed by atoms with Crippen molar-refractivity contribution in [3.05, 3.63) is 45.9 Å². The third-order valence-electron chi connectivity index (χ3n) is 3.10. The minimum Gasteiger partial charge on any atom is -0.299 e. The average Bonchev–Trinajstić information content (AvgIpc) is 2.90. The van der Waals surface area contributed by atoms with Crippen LogP contribution in [0.15, 0.2) is 28.9 Å². The first-order valence-electron chi connectivity index (χ1n) is 5.81. The molecule has 0 aliphatic carbocycles. The lowest BCUT2D eigenvalue weighted by Crippen LogP contribution is -2.29. The monoisotopic (exact) mass is 337 g/mol. The van der Waals surface area contributed by atoms with Crippen LogP contribution in [0.25, 0.3) is 0 Å². The normalized spacial score (nSPS) is 14.1. The van der Waals surface area contributed by atoms with E-state index in [9.17, 15) is 14.0 Å². The molecular formula is C13H9BrFN3O2. The van der Waals surface area contributed by atoms with E-state index in [4.69, 9.17) is 0 Å². The lowest BCUT2D eigenvalue weighted by molar-refractivity contribution is -0.114. The van der Waals surface area contributed by atoms with Crippen molar-refractivity contribution in [2.24, 2.45) is 7.05 Å². The summed E-state index contributed by atoms with van der Waals surface area (Å²) in [6.45, 7) is 0.138. The third-order valence-corrected chi connectivity index (χ3v) is 3.71. The standard InChI is InChI=1S/C13H9BrFN3O2/c1-17-3-2-7(16-17)6-18-11-5-10(15)9(14)4-8(11)12(19)13(18)20/h2-5H,6H2,1H3. The Labute approximate surface area is 122 Å². The number of hydrogen-bond donors (Lipinski definition) is 0. The Bertz CT molecular complexity index is 741. The van der Waals surface area contributed by atoms with Gasteiger partial charge >= 0.3 is 0 Å². The second-order valence-corrected chi connectivity index (χ2v) is 5.34. The summed E-state index contributed by atoms with van der Waals surface area (Å²) in [6, 6.07) is 4.26. The van der Waals surface area contributed by atoms with Gasteiger partial charge in [0.05, 0.1) is 28.0 Å². The molecule has 0 saturated heterocycles. The summed E-state index contributed by atoms with van der Waals surface area (Å²) in [7, 11) is 1.76. The van der Waals surface area contributed by atoms with Crippen LogP contribution in [-0.2, 0) is 18.4 Å². The molecule has 20 heavy (non-hydrogen) atoms. The molecule has 1 amide bonds. The summed E-state index contributed by atoms with van der Waals surface area (Å²) < 4.78 is 15.4. The highest BCUT2D eigenvalue weighted by Crippen LogP contribution is 2.34. The molecule has 5 nitrogen and oxygen atoms in total. The summed E-state index contributed by atoms with van der Waals surface area (Å²) >= 11 is 3.01. The molecule has 0 bridgehead atoms. The largest absolute Gasteiger partial charge is 0.299 e. The first-order valence-corrected chi connectivity index (χ1v) is 6.60. The van der Waals surface area contributed by atoms with Crippen molar-refractivity contribution < 1.29 is 14.0 Å². The van der Waals surface area contributed by atoms with Gasteiger partial charge in [0.25, 0.3) is 11.7 Å². The molecule has 0 atom stereocenters. The van der Waals surface area contributed by atoms with Crippen LogP contribution in [0.4, 0.5) is 10.1 Å². The fourth-order valence-corrected chi connectivity index (χ4v) is 2.50. The van der Waals surface area contributed by atoms with E-state index in [1.54, 1.807) is 24.0 Å². The predicted octanol–water partition coefficient (Wildman–Crippen LogP) is 2.05. The molecule has 102 valence electrons. The van der Waals surface area contributed by atoms with Gasteiger partial charge in [0.15, 0.2) is 0 Å². The van der Waals surface area contributed by atoms with Gasteiger partial charge in [0.2, 0.25) is 0 Å². The predicted molar refractivity (Wildman–Crippen MR) is 72.8 cm³/mol. The van der Waals surface area contributed by atoms with Crippen LogP contribution < -0.4 is 4.90 Å². The maximum Gasteiger partial charge on any atom is 0.299 e. The number of aryl methyl sites for hydroxylation is 1. The Balaban J connectivity index is 2.03. The molecule has 0 fully saturated rings. The van der Waals surface area contributed by atoms with Gasteiger partial charge < -0.3 is 0 Å². The van der Waals surface area contributed by atoms with E-state index in [2.05, 4.69) is 21.0 Å². The van der Waals surface area contributed by atoms with Gasteiger partial charge in [-0.15, -0.1) is 0 Å². The Morgan fingerprint density at radius 3 is 2.75 bits per heavy atom. The summed E-state index contributed by atoms with van der Waals surface area (Å²) in [5.41, 5.74) is 1.12. The fourth-order valence-electron chi connectivity index (χ4n) is 2.16. The number of benzene rings is 1. The number of Topliss-reactive ketones (excluding diaryl/α,β-unsaturated/α-hetero) is 1. The van der Waals surface area contributed by atoms with Crippen molar-refractivity contribution in [1.29, 1.82) is 0 Å². The molecule has 0 saturated carbocycles. The molecule has 1 aliphatic heterocycles. The van der Waals surface area contributed by atoms with Crippen LogP contribution in [0.5, 0.6) is 0 Å². The van der Waals surface area contributed by atoms with Crippen molar-refractivity contribution in [3.8, 4) is 0 Å². The molecule has 0 N–H and O–H groups in total. The zero-order chi connectivity index (χ0) is 14.4. The Kier molecular flexibility index (Phi) is 2.93. The van der Waals surface area contributed by atoms with Crippen LogP contribution in [0.1, 0.15) is 16.1 Å². The van der Waals surface area contributed by atoms with E-state index >= 15 is 0 Å². The van der Waals surface area contributed by atoms with E-state index in [1.807, 2.05) is 0 Å². The number of halogens is 2. The molecular weight excluding hydrogens is 329 g/mol. The highest BCUT2D eigenvalue weighted by molar-refractivity contribution is 9.10. The summed E-state index contributed by atoms with van der Waals surface area (Å²) in [5.74, 6) is -1.81. The molecule has 2 heterocycles. The highest BCUT2D eigenvalue weighted by atomic mass is 79.9. The van der Waals surface area contributed by atoms with Crippen molar-refractivity contribution in [1.82, 2.24) is 9.78 Å². The van der Waals surface area contributed by atoms with Crippen LogP contribution in [-0.4, -0.2) is 21.5 Å². The smallest absolute Gasteiger partial charge is 0.299 e. The van der Waals surface area contributed by atoms with Crippen LogP contribution >= 0.6 is 15.9 Å². The first-order chi connectivity index (χ1) is 9.47. The molecule has 0 spiro atoms. The molecule has 1 aromatic carbocycles. The van der Waals surface area contributed by atoms with Crippen LogP contribution in [0.2, 0.25) is 0 Å². The lowest BCUT2D eigenvalue weighted by atomic mass is 10.1. The maximum absolute atomic E-state index is 13.6. The van der Waals surface area contributed by atoms with Crippen molar-refractivity contribution >= 4 is 33.3 Å². The van der Waals surface area contributed by atoms with Gasteiger partial charge in [-0.3, -0.25) is 19.2 Å². The maximum atomic E-state index is 13.6. The molecule has 1 aliphatic rings. The Hall–Kier alpha value is -2.02. The van der Waals surface area contributed by atoms with E-state index in [-0.39, 0.29) is 22.3 Å². The Morgan fingerprint density at radius 2 is 2.10 bits per heavy atom. The number of nitrogens with zero attached hydrogens (tertiary/aromatic N) is 3. The average molecular weight is 338 g/mol. The molecule has 7 heteroatoms. The van der Waals surface area contributed by atoms with E-state index in [0.29, 0.717) is 5.69 Å². The quantitative estimate of drug-likeness (QED) is 0.788. The van der Waals surface area contributed by atoms with Crippen molar-refractivity contribution in [2.75, 3.05) is 4.90 Å². The summed E-state index contributed by atoms with van der Waals surface area (Å²) in [6.07, 6.45) is 1.74. The van der Waals surface area contributed by atoms with E-state index in [0.717, 1.165) is 0 Å². The van der Waals surface area contributed by atoms with Gasteiger partial charge in [0.1, 0.15) is 5.82 Å². The minimum atomic E-state index is -0.664. The second-order valence-electron chi connectivity index (χ2n) is 4.48. The topological polar surface area (TPSA) is 55.2 Å². The number of carbonyl (C=O) groups excluding carboxylic acids is 2. The molecule has 2 aromatic rings.